The van der Waals surface area contributed by atoms with Gasteiger partial charge in [0, 0.05) is 13.1 Å². The van der Waals surface area contributed by atoms with Crippen molar-refractivity contribution >= 4 is 17.9 Å². The molecule has 0 fully saturated rings. The van der Waals surface area contributed by atoms with E-state index in [1.165, 1.54) is 0 Å². The summed E-state index contributed by atoms with van der Waals surface area (Å²) in [7, 11) is 3.85. The van der Waals surface area contributed by atoms with Crippen molar-refractivity contribution < 1.29 is 19.5 Å². The summed E-state index contributed by atoms with van der Waals surface area (Å²) in [6.45, 7) is 5.09. The third-order valence-corrected chi connectivity index (χ3v) is 2.48. The monoisotopic (exact) mass is 288 g/mol. The Kier molecular flexibility index (Phi) is 6.98. The predicted octanol–water partition coefficient (Wildman–Crippen LogP) is -0.798. The molecule has 0 aliphatic heterocycles. The van der Waals surface area contributed by atoms with Gasteiger partial charge in [-0.05, 0) is 19.5 Å². The fraction of sp³-hybridized carbons (Fsp3) is 0.750. The third kappa shape index (κ3) is 8.30. The van der Waals surface area contributed by atoms with Gasteiger partial charge in [-0.25, -0.2) is 9.59 Å². The highest BCUT2D eigenvalue weighted by Gasteiger charge is 2.24. The minimum absolute atomic E-state index is 0.163. The number of hydrogen-bond donors (Lipinski definition) is 4. The van der Waals surface area contributed by atoms with Crippen molar-refractivity contribution in [1.82, 2.24) is 15.5 Å². The fourth-order valence-electron chi connectivity index (χ4n) is 1.84. The molecule has 0 aromatic rings. The largest absolute Gasteiger partial charge is 0.480 e. The summed E-state index contributed by atoms with van der Waals surface area (Å²) in [6, 6.07) is -1.95. The topological polar surface area (TPSA) is 125 Å². The third-order valence-electron chi connectivity index (χ3n) is 2.48. The van der Waals surface area contributed by atoms with Crippen molar-refractivity contribution in [2.75, 3.05) is 27.2 Å². The number of urea groups is 1. The molecule has 0 saturated heterocycles. The zero-order chi connectivity index (χ0) is 15.9. The lowest BCUT2D eigenvalue weighted by molar-refractivity contribution is -0.140. The van der Waals surface area contributed by atoms with Crippen LogP contribution in [0.5, 0.6) is 0 Å². The van der Waals surface area contributed by atoms with Gasteiger partial charge < -0.3 is 26.4 Å². The molecule has 1 atom stereocenters. The smallest absolute Gasteiger partial charge is 0.326 e. The second-order valence-corrected chi connectivity index (χ2v) is 5.79. The number of primary amides is 1. The van der Waals surface area contributed by atoms with E-state index in [2.05, 4.69) is 10.6 Å². The number of nitrogens with zero attached hydrogens (tertiary/aromatic N) is 1. The standard InChI is InChI=1S/C12H24N4O4/c1-12(2,7-16(3)4)6-14-11(20)15-8(10(18)19)5-9(13)17/h8H,5-7H2,1-4H3,(H2,13,17)(H,18,19)(H2,14,15,20). The zero-order valence-electron chi connectivity index (χ0n) is 12.4. The summed E-state index contributed by atoms with van der Waals surface area (Å²) in [5.74, 6) is -2.09. The number of rotatable bonds is 8. The maximum Gasteiger partial charge on any atom is 0.326 e. The highest BCUT2D eigenvalue weighted by Crippen LogP contribution is 2.13. The van der Waals surface area contributed by atoms with Crippen LogP contribution in [0.25, 0.3) is 0 Å². The second kappa shape index (κ2) is 7.68. The molecule has 20 heavy (non-hydrogen) atoms. The molecule has 0 aliphatic rings. The number of nitrogens with one attached hydrogen (secondary N) is 2. The summed E-state index contributed by atoms with van der Waals surface area (Å²) in [5, 5.41) is 13.7. The van der Waals surface area contributed by atoms with Gasteiger partial charge in [-0.3, -0.25) is 4.79 Å². The Balaban J connectivity index is 4.33. The zero-order valence-corrected chi connectivity index (χ0v) is 12.4. The van der Waals surface area contributed by atoms with Crippen LogP contribution in [0.1, 0.15) is 20.3 Å². The molecule has 0 aliphatic carbocycles. The van der Waals surface area contributed by atoms with E-state index >= 15 is 0 Å². The Morgan fingerprint density at radius 1 is 1.30 bits per heavy atom. The summed E-state index contributed by atoms with van der Waals surface area (Å²) in [5.41, 5.74) is 4.76. The van der Waals surface area contributed by atoms with Crippen molar-refractivity contribution in [2.24, 2.45) is 11.1 Å². The Labute approximate surface area is 118 Å². The van der Waals surface area contributed by atoms with Crippen LogP contribution in [0.3, 0.4) is 0 Å². The lowest BCUT2D eigenvalue weighted by atomic mass is 9.93. The maximum atomic E-state index is 11.6. The highest BCUT2D eigenvalue weighted by molar-refractivity contribution is 5.87. The number of carbonyl (C=O) groups excluding carboxylic acids is 2. The number of carboxylic acids is 1. The molecular formula is C12H24N4O4. The van der Waals surface area contributed by atoms with Gasteiger partial charge in [0.25, 0.3) is 0 Å². The number of amides is 3. The van der Waals surface area contributed by atoms with Gasteiger partial charge in [0.2, 0.25) is 5.91 Å². The average molecular weight is 288 g/mol. The minimum Gasteiger partial charge on any atom is -0.480 e. The van der Waals surface area contributed by atoms with Gasteiger partial charge in [-0.2, -0.15) is 0 Å². The van der Waals surface area contributed by atoms with E-state index < -0.39 is 30.4 Å². The van der Waals surface area contributed by atoms with Gasteiger partial charge in [0.1, 0.15) is 6.04 Å². The Morgan fingerprint density at radius 2 is 1.85 bits per heavy atom. The molecular weight excluding hydrogens is 264 g/mol. The lowest BCUT2D eigenvalue weighted by Crippen LogP contribution is -2.50. The normalized spacial score (nSPS) is 12.8. The predicted molar refractivity (Wildman–Crippen MR) is 74.1 cm³/mol. The summed E-state index contributed by atoms with van der Waals surface area (Å²) in [4.78, 5) is 35.2. The van der Waals surface area contributed by atoms with E-state index in [-0.39, 0.29) is 5.41 Å². The maximum absolute atomic E-state index is 11.6. The number of nitrogens with two attached hydrogens (primary N) is 1. The first-order valence-corrected chi connectivity index (χ1v) is 6.24. The van der Waals surface area contributed by atoms with E-state index in [9.17, 15) is 14.4 Å². The molecule has 0 aromatic heterocycles. The van der Waals surface area contributed by atoms with Gasteiger partial charge in [-0.1, -0.05) is 13.8 Å². The van der Waals surface area contributed by atoms with Gasteiger partial charge in [0.15, 0.2) is 0 Å². The molecule has 116 valence electrons. The van der Waals surface area contributed by atoms with Crippen LogP contribution in [-0.2, 0) is 9.59 Å². The molecule has 0 rings (SSSR count). The fourth-order valence-corrected chi connectivity index (χ4v) is 1.84. The van der Waals surface area contributed by atoms with Crippen molar-refractivity contribution in [2.45, 2.75) is 26.3 Å². The van der Waals surface area contributed by atoms with Crippen molar-refractivity contribution in [3.05, 3.63) is 0 Å². The molecule has 0 saturated carbocycles. The molecule has 0 bridgehead atoms. The second-order valence-electron chi connectivity index (χ2n) is 5.79. The van der Waals surface area contributed by atoms with Gasteiger partial charge in [0.05, 0.1) is 6.42 Å². The molecule has 1 unspecified atom stereocenters. The van der Waals surface area contributed by atoms with Crippen LogP contribution >= 0.6 is 0 Å². The van der Waals surface area contributed by atoms with Crippen LogP contribution in [-0.4, -0.2) is 61.1 Å². The Bertz CT molecular complexity index is 368. The SMILES string of the molecule is CN(C)CC(C)(C)CNC(=O)NC(CC(N)=O)C(=O)O. The van der Waals surface area contributed by atoms with Crippen molar-refractivity contribution in [3.8, 4) is 0 Å². The summed E-state index contributed by atoms with van der Waals surface area (Å²) >= 11 is 0. The Hall–Kier alpha value is -1.83. The molecule has 8 heteroatoms. The molecule has 0 heterocycles. The lowest BCUT2D eigenvalue weighted by Gasteiger charge is -2.28. The first kappa shape index (κ1) is 18.2. The number of carboxylic acid groups (broad SMARTS) is 1. The van der Waals surface area contributed by atoms with Crippen LogP contribution in [0.2, 0.25) is 0 Å². The van der Waals surface area contributed by atoms with Crippen molar-refractivity contribution in [3.63, 3.8) is 0 Å². The van der Waals surface area contributed by atoms with Gasteiger partial charge >= 0.3 is 12.0 Å². The van der Waals surface area contributed by atoms with Gasteiger partial charge in [-0.15, -0.1) is 0 Å². The molecule has 0 aromatic carbocycles. The molecule has 0 spiro atoms. The van der Waals surface area contributed by atoms with Crippen LogP contribution in [0, 0.1) is 5.41 Å². The quantitative estimate of drug-likeness (QED) is 0.465. The first-order chi connectivity index (χ1) is 9.03. The Morgan fingerprint density at radius 3 is 2.25 bits per heavy atom. The molecule has 8 nitrogen and oxygen atoms in total. The summed E-state index contributed by atoms with van der Waals surface area (Å²) in [6.07, 6.45) is -0.441. The molecule has 3 amide bonds. The van der Waals surface area contributed by atoms with E-state index in [1.807, 2.05) is 32.8 Å². The minimum atomic E-state index is -1.32. The van der Waals surface area contributed by atoms with Crippen LogP contribution in [0.4, 0.5) is 4.79 Å². The van der Waals surface area contributed by atoms with E-state index in [4.69, 9.17) is 10.8 Å². The highest BCUT2D eigenvalue weighted by atomic mass is 16.4. The first-order valence-electron chi connectivity index (χ1n) is 6.24. The van der Waals surface area contributed by atoms with E-state index in [1.54, 1.807) is 0 Å². The van der Waals surface area contributed by atoms with E-state index in [0.29, 0.717) is 6.54 Å². The number of aliphatic carboxylic acids is 1. The number of hydrogen-bond acceptors (Lipinski definition) is 4. The average Bonchev–Trinajstić information content (AvgIpc) is 2.23. The van der Waals surface area contributed by atoms with Crippen LogP contribution in [0.15, 0.2) is 0 Å². The van der Waals surface area contributed by atoms with Crippen LogP contribution < -0.4 is 16.4 Å². The van der Waals surface area contributed by atoms with Crippen molar-refractivity contribution in [1.29, 1.82) is 0 Å². The summed E-state index contributed by atoms with van der Waals surface area (Å²) < 4.78 is 0. The number of carbonyl (C=O) groups is 3. The van der Waals surface area contributed by atoms with E-state index in [0.717, 1.165) is 6.54 Å². The molecule has 5 N–H and O–H groups in total. The molecule has 0 radical (unpaired) electrons.